The highest BCUT2D eigenvalue weighted by atomic mass is 19.2. The van der Waals surface area contributed by atoms with Gasteiger partial charge in [-0.3, -0.25) is 14.4 Å². The SMILES string of the molecule is NC1CCc2c1ccc(F)c2F.O=C(O)CCc1cccc(F)c1F.O=C1CCc2c1ccc(F)c2F.O=Cc1cccc(F)c1F. The summed E-state index contributed by atoms with van der Waals surface area (Å²) in [4.78, 5) is 31.2. The number of benzene rings is 4. The van der Waals surface area contributed by atoms with Crippen molar-refractivity contribution in [2.45, 2.75) is 44.6 Å². The van der Waals surface area contributed by atoms with E-state index in [-0.39, 0.29) is 47.6 Å². The van der Waals surface area contributed by atoms with E-state index >= 15 is 0 Å². The van der Waals surface area contributed by atoms with E-state index in [1.165, 1.54) is 30.3 Å². The van der Waals surface area contributed by atoms with Gasteiger partial charge in [-0.1, -0.05) is 24.3 Å². The minimum atomic E-state index is -1.09. The highest BCUT2D eigenvalue weighted by molar-refractivity contribution is 6.00. The van der Waals surface area contributed by atoms with E-state index in [9.17, 15) is 49.5 Å². The predicted octanol–water partition coefficient (Wildman–Crippen LogP) is 7.76. The van der Waals surface area contributed by atoms with Gasteiger partial charge in [0, 0.05) is 30.0 Å². The zero-order valence-corrected chi connectivity index (χ0v) is 24.4. The Kier molecular flexibility index (Phi) is 12.9. The monoisotopic (exact) mass is 665 g/mol. The fourth-order valence-corrected chi connectivity index (χ4v) is 4.73. The Bertz CT molecular complexity index is 1780. The standard InChI is InChI=1S/C9H9F2N.C9H8F2O2.C9H6F2O.C7H4F2O/c10-7-3-1-5-6(9(7)11)2-4-8(5)12;10-7-3-1-2-6(9(7)11)4-5-8(12)13;10-7-3-1-5-6(9(7)11)2-4-8(5)12;8-6-3-1-2-5(4-10)7(6)9/h1,3,8H,2,4,12H2;1-3H,4-5H2,(H,12,13);1,3H,2,4H2;1-4H. The first-order chi connectivity index (χ1) is 22.3. The molecule has 1 atom stereocenters. The van der Waals surface area contributed by atoms with E-state index in [2.05, 4.69) is 0 Å². The lowest BCUT2D eigenvalue weighted by Gasteiger charge is -2.04. The molecule has 0 aromatic heterocycles. The molecule has 13 heteroatoms. The first kappa shape index (κ1) is 36.6. The van der Waals surface area contributed by atoms with Crippen LogP contribution in [0.3, 0.4) is 0 Å². The van der Waals surface area contributed by atoms with E-state index in [1.807, 2.05) is 0 Å². The maximum atomic E-state index is 13.0. The molecule has 0 amide bonds. The number of rotatable bonds is 4. The summed E-state index contributed by atoms with van der Waals surface area (Å²) >= 11 is 0. The van der Waals surface area contributed by atoms with Gasteiger partial charge in [-0.2, -0.15) is 0 Å². The number of carboxylic acid groups (broad SMARTS) is 1. The molecule has 0 spiro atoms. The first-order valence-corrected chi connectivity index (χ1v) is 14.0. The molecule has 0 bridgehead atoms. The van der Waals surface area contributed by atoms with Gasteiger partial charge >= 0.3 is 5.97 Å². The molecular formula is C34H27F8NO4. The number of hydrogen-bond donors (Lipinski definition) is 2. The third-order valence-electron chi connectivity index (χ3n) is 7.18. The molecule has 2 aliphatic carbocycles. The Morgan fingerprint density at radius 3 is 1.91 bits per heavy atom. The predicted molar refractivity (Wildman–Crippen MR) is 155 cm³/mol. The van der Waals surface area contributed by atoms with Crippen molar-refractivity contribution in [3.8, 4) is 0 Å². The van der Waals surface area contributed by atoms with Crippen molar-refractivity contribution in [2.24, 2.45) is 5.73 Å². The number of fused-ring (bicyclic) bond motifs is 2. The molecule has 1 unspecified atom stereocenters. The maximum absolute atomic E-state index is 13.0. The molecule has 0 saturated carbocycles. The number of ketones is 1. The third kappa shape index (κ3) is 9.32. The van der Waals surface area contributed by atoms with Gasteiger partial charge in [0.15, 0.2) is 58.6 Å². The molecule has 3 N–H and O–H groups in total. The minimum absolute atomic E-state index is 0.0128. The number of halogens is 8. The summed E-state index contributed by atoms with van der Waals surface area (Å²) in [6.45, 7) is 0. The smallest absolute Gasteiger partial charge is 0.303 e. The zero-order valence-electron chi connectivity index (χ0n) is 24.4. The van der Waals surface area contributed by atoms with E-state index in [0.29, 0.717) is 30.4 Å². The number of carbonyl (C=O) groups is 3. The summed E-state index contributed by atoms with van der Waals surface area (Å²) in [5, 5.41) is 8.32. The summed E-state index contributed by atoms with van der Waals surface area (Å²) in [5.74, 6) is -8.33. The lowest BCUT2D eigenvalue weighted by molar-refractivity contribution is -0.136. The van der Waals surface area contributed by atoms with Gasteiger partial charge < -0.3 is 10.8 Å². The summed E-state index contributed by atoms with van der Waals surface area (Å²) in [7, 11) is 0. The first-order valence-electron chi connectivity index (χ1n) is 14.0. The summed E-state index contributed by atoms with van der Waals surface area (Å²) in [6.07, 6.45) is 2.00. The van der Waals surface area contributed by atoms with Crippen molar-refractivity contribution in [1.29, 1.82) is 0 Å². The van der Waals surface area contributed by atoms with E-state index < -0.39 is 52.5 Å². The van der Waals surface area contributed by atoms with Crippen LogP contribution in [0.1, 0.15) is 68.3 Å². The second kappa shape index (κ2) is 16.6. The van der Waals surface area contributed by atoms with Crippen LogP contribution in [0.25, 0.3) is 0 Å². The quantitative estimate of drug-likeness (QED) is 0.172. The maximum Gasteiger partial charge on any atom is 0.303 e. The number of aldehydes is 1. The van der Waals surface area contributed by atoms with E-state index in [1.54, 1.807) is 6.07 Å². The van der Waals surface area contributed by atoms with Crippen LogP contribution < -0.4 is 5.73 Å². The molecule has 0 radical (unpaired) electrons. The lowest BCUT2D eigenvalue weighted by Crippen LogP contribution is -2.05. The van der Waals surface area contributed by atoms with Crippen LogP contribution in [-0.2, 0) is 24.1 Å². The van der Waals surface area contributed by atoms with Gasteiger partial charge in [-0.15, -0.1) is 0 Å². The Morgan fingerprint density at radius 1 is 0.723 bits per heavy atom. The number of hydrogen-bond acceptors (Lipinski definition) is 4. The fourth-order valence-electron chi connectivity index (χ4n) is 4.73. The average molecular weight is 666 g/mol. The molecule has 0 aliphatic heterocycles. The molecule has 248 valence electrons. The van der Waals surface area contributed by atoms with Crippen LogP contribution in [0.2, 0.25) is 0 Å². The zero-order chi connectivity index (χ0) is 34.8. The number of carboxylic acids is 1. The largest absolute Gasteiger partial charge is 0.481 e. The van der Waals surface area contributed by atoms with Crippen LogP contribution in [-0.4, -0.2) is 23.1 Å². The summed E-state index contributed by atoms with van der Waals surface area (Å²) in [5.41, 5.74) is 7.32. The molecule has 5 nitrogen and oxygen atoms in total. The van der Waals surface area contributed by atoms with Gasteiger partial charge in [0.1, 0.15) is 0 Å². The van der Waals surface area contributed by atoms with E-state index in [0.717, 1.165) is 36.2 Å². The van der Waals surface area contributed by atoms with Crippen LogP contribution in [0.15, 0.2) is 60.7 Å². The second-order valence-corrected chi connectivity index (χ2v) is 10.3. The Morgan fingerprint density at radius 2 is 1.30 bits per heavy atom. The highest BCUT2D eigenvalue weighted by Gasteiger charge is 2.25. The average Bonchev–Trinajstić information content (AvgIpc) is 3.62. The normalized spacial score (nSPS) is 14.0. The van der Waals surface area contributed by atoms with Crippen molar-refractivity contribution in [3.05, 3.63) is 141 Å². The second-order valence-electron chi connectivity index (χ2n) is 10.3. The molecule has 47 heavy (non-hydrogen) atoms. The van der Waals surface area contributed by atoms with Crippen molar-refractivity contribution in [1.82, 2.24) is 0 Å². The van der Waals surface area contributed by atoms with Crippen LogP contribution >= 0.6 is 0 Å². The number of carbonyl (C=O) groups excluding carboxylic acids is 2. The van der Waals surface area contributed by atoms with Crippen molar-refractivity contribution in [2.75, 3.05) is 0 Å². The number of Topliss-reactive ketones (excluding diaryl/α,β-unsaturated/α-hetero) is 1. The van der Waals surface area contributed by atoms with Crippen LogP contribution in [0.4, 0.5) is 35.1 Å². The molecule has 0 saturated heterocycles. The highest BCUT2D eigenvalue weighted by Crippen LogP contribution is 2.31. The molecule has 4 aromatic carbocycles. The van der Waals surface area contributed by atoms with Gasteiger partial charge in [-0.25, -0.2) is 35.1 Å². The summed E-state index contributed by atoms with van der Waals surface area (Å²) < 4.78 is 101. The van der Waals surface area contributed by atoms with E-state index in [4.69, 9.17) is 10.8 Å². The lowest BCUT2D eigenvalue weighted by atomic mass is 10.1. The molecule has 2 aliphatic rings. The van der Waals surface area contributed by atoms with Gasteiger partial charge in [0.25, 0.3) is 0 Å². The molecule has 0 heterocycles. The van der Waals surface area contributed by atoms with Gasteiger partial charge in [0.05, 0.1) is 5.56 Å². The van der Waals surface area contributed by atoms with Crippen LogP contribution in [0.5, 0.6) is 0 Å². The molecular weight excluding hydrogens is 638 g/mol. The Hall–Kier alpha value is -4.91. The topological polar surface area (TPSA) is 97.5 Å². The minimum Gasteiger partial charge on any atom is -0.481 e. The Balaban J connectivity index is 0.000000171. The molecule has 6 rings (SSSR count). The third-order valence-corrected chi connectivity index (χ3v) is 7.18. The number of aliphatic carboxylic acids is 1. The molecule has 0 fully saturated rings. The van der Waals surface area contributed by atoms with Crippen molar-refractivity contribution in [3.63, 3.8) is 0 Å². The van der Waals surface area contributed by atoms with Crippen molar-refractivity contribution < 1.29 is 54.6 Å². The van der Waals surface area contributed by atoms with Gasteiger partial charge in [-0.05, 0) is 78.8 Å². The number of nitrogens with two attached hydrogens (primary N) is 1. The van der Waals surface area contributed by atoms with Crippen molar-refractivity contribution >= 4 is 18.0 Å². The summed E-state index contributed by atoms with van der Waals surface area (Å²) in [6, 6.07) is 12.1. The Labute approximate surface area is 263 Å². The fraction of sp³-hybridized carbons (Fsp3) is 0.206. The molecule has 4 aromatic rings. The van der Waals surface area contributed by atoms with Gasteiger partial charge in [0.2, 0.25) is 0 Å². The van der Waals surface area contributed by atoms with Crippen LogP contribution in [0, 0.1) is 46.5 Å². The number of aryl methyl sites for hydroxylation is 1.